The third-order valence-corrected chi connectivity index (χ3v) is 1.54. The minimum absolute atomic E-state index is 0.473. The molecule has 2 heteroatoms. The van der Waals surface area contributed by atoms with Crippen molar-refractivity contribution in [2.24, 2.45) is 5.92 Å². The van der Waals surface area contributed by atoms with Gasteiger partial charge in [-0.2, -0.15) is 0 Å². The molecule has 1 rings (SSSR count). The number of hydrogen-bond acceptors (Lipinski definition) is 1. The molecule has 0 aromatic heterocycles. The largest absolute Gasteiger partial charge is 0.303 e. The van der Waals surface area contributed by atoms with E-state index in [0.29, 0.717) is 12.7 Å². The number of hydrogen-bond donors (Lipinski definition) is 0. The highest BCUT2D eigenvalue weighted by Gasteiger charge is 2.19. The molecule has 0 saturated carbocycles. The zero-order valence-electron chi connectivity index (χ0n) is 5.09. The molecule has 0 N–H and O–H groups in total. The molecule has 0 bridgehead atoms. The van der Waals surface area contributed by atoms with Crippen LogP contribution in [0.2, 0.25) is 0 Å². The Kier molecular flexibility index (Phi) is 1.98. The lowest BCUT2D eigenvalue weighted by atomic mass is 9.95. The molecule has 0 aromatic rings. The van der Waals surface area contributed by atoms with Crippen LogP contribution < -0.4 is 0 Å². The van der Waals surface area contributed by atoms with E-state index in [1.54, 1.807) is 6.08 Å². The van der Waals surface area contributed by atoms with Gasteiger partial charge in [0.2, 0.25) is 0 Å². The molecule has 0 fully saturated rings. The van der Waals surface area contributed by atoms with Crippen molar-refractivity contribution >= 4 is 6.29 Å². The second kappa shape index (κ2) is 2.76. The van der Waals surface area contributed by atoms with Gasteiger partial charge in [0.05, 0.1) is 5.92 Å². The predicted molar refractivity (Wildman–Crippen MR) is 32.8 cm³/mol. The minimum atomic E-state index is -0.938. The summed E-state index contributed by atoms with van der Waals surface area (Å²) in [4.78, 5) is 10.1. The molecule has 1 aliphatic rings. The average molecular weight is 128 g/mol. The molecule has 0 saturated heterocycles. The highest BCUT2D eigenvalue weighted by Crippen LogP contribution is 2.18. The van der Waals surface area contributed by atoms with E-state index in [1.807, 2.05) is 6.08 Å². The number of carbonyl (C=O) groups excluding carboxylic acids is 1. The lowest BCUT2D eigenvalue weighted by Gasteiger charge is -2.14. The molecule has 1 aliphatic carbocycles. The highest BCUT2D eigenvalue weighted by molar-refractivity contribution is 5.57. The van der Waals surface area contributed by atoms with E-state index in [4.69, 9.17) is 0 Å². The van der Waals surface area contributed by atoms with Gasteiger partial charge in [-0.1, -0.05) is 12.2 Å². The normalized spacial score (nSPS) is 34.3. The van der Waals surface area contributed by atoms with Gasteiger partial charge < -0.3 is 4.79 Å². The van der Waals surface area contributed by atoms with Crippen LogP contribution in [0.25, 0.3) is 0 Å². The Morgan fingerprint density at radius 1 is 1.67 bits per heavy atom. The van der Waals surface area contributed by atoms with E-state index in [-0.39, 0.29) is 0 Å². The van der Waals surface area contributed by atoms with Crippen molar-refractivity contribution in [1.29, 1.82) is 0 Å². The number of aldehydes is 1. The van der Waals surface area contributed by atoms with Crippen LogP contribution in [0.5, 0.6) is 0 Å². The van der Waals surface area contributed by atoms with Gasteiger partial charge in [0.25, 0.3) is 0 Å². The van der Waals surface area contributed by atoms with E-state index in [9.17, 15) is 9.18 Å². The topological polar surface area (TPSA) is 17.1 Å². The summed E-state index contributed by atoms with van der Waals surface area (Å²) in [5.74, 6) is -0.473. The Labute approximate surface area is 53.6 Å². The molecular formula is C7H9FO. The summed E-state index contributed by atoms with van der Waals surface area (Å²) in [6, 6.07) is 0. The van der Waals surface area contributed by atoms with Crippen LogP contribution in [0.3, 0.4) is 0 Å². The minimum Gasteiger partial charge on any atom is -0.303 e. The molecule has 0 amide bonds. The summed E-state index contributed by atoms with van der Waals surface area (Å²) in [6.07, 6.45) is 4.50. The fourth-order valence-electron chi connectivity index (χ4n) is 0.952. The fraction of sp³-hybridized carbons (Fsp3) is 0.571. The second-order valence-corrected chi connectivity index (χ2v) is 2.23. The van der Waals surface area contributed by atoms with Gasteiger partial charge in [-0.15, -0.1) is 0 Å². The Bertz CT molecular complexity index is 131. The third-order valence-electron chi connectivity index (χ3n) is 1.54. The first-order chi connectivity index (χ1) is 4.34. The van der Waals surface area contributed by atoms with Gasteiger partial charge in [0, 0.05) is 0 Å². The van der Waals surface area contributed by atoms with Crippen molar-refractivity contribution in [2.75, 3.05) is 0 Å². The molecule has 2 unspecified atom stereocenters. The van der Waals surface area contributed by atoms with Crippen molar-refractivity contribution in [3.63, 3.8) is 0 Å². The highest BCUT2D eigenvalue weighted by atomic mass is 19.1. The van der Waals surface area contributed by atoms with Crippen LogP contribution in [-0.2, 0) is 4.79 Å². The molecule has 0 spiro atoms. The van der Waals surface area contributed by atoms with Gasteiger partial charge in [0.1, 0.15) is 12.5 Å². The second-order valence-electron chi connectivity index (χ2n) is 2.23. The third kappa shape index (κ3) is 1.37. The van der Waals surface area contributed by atoms with Gasteiger partial charge in [-0.3, -0.25) is 0 Å². The van der Waals surface area contributed by atoms with E-state index in [2.05, 4.69) is 0 Å². The molecular weight excluding hydrogens is 119 g/mol. The van der Waals surface area contributed by atoms with Gasteiger partial charge in [-0.05, 0) is 12.8 Å². The standard InChI is InChI=1S/C7H9FO/c8-7-4-2-1-3-6(7)5-9/h1,3,5-7H,2,4H2. The maximum Gasteiger partial charge on any atom is 0.129 e. The van der Waals surface area contributed by atoms with Crippen LogP contribution in [0.1, 0.15) is 12.8 Å². The Hall–Kier alpha value is -0.660. The Morgan fingerprint density at radius 3 is 2.89 bits per heavy atom. The summed E-state index contributed by atoms with van der Waals surface area (Å²) in [5, 5.41) is 0. The number of carbonyl (C=O) groups is 1. The predicted octanol–water partition coefficient (Wildman–Crippen LogP) is 1.49. The van der Waals surface area contributed by atoms with E-state index in [0.717, 1.165) is 6.42 Å². The average Bonchev–Trinajstić information content (AvgIpc) is 1.89. The lowest BCUT2D eigenvalue weighted by Crippen LogP contribution is -2.17. The van der Waals surface area contributed by atoms with E-state index < -0.39 is 12.1 Å². The Balaban J connectivity index is 2.56. The number of rotatable bonds is 1. The zero-order chi connectivity index (χ0) is 6.69. The molecule has 9 heavy (non-hydrogen) atoms. The van der Waals surface area contributed by atoms with E-state index in [1.165, 1.54) is 0 Å². The summed E-state index contributed by atoms with van der Waals surface area (Å²) in [6.45, 7) is 0. The number of alkyl halides is 1. The van der Waals surface area contributed by atoms with E-state index >= 15 is 0 Å². The molecule has 50 valence electrons. The number of halogens is 1. The summed E-state index contributed by atoms with van der Waals surface area (Å²) < 4.78 is 12.6. The molecule has 0 radical (unpaired) electrons. The van der Waals surface area contributed by atoms with Crippen molar-refractivity contribution in [3.8, 4) is 0 Å². The molecule has 2 atom stereocenters. The number of allylic oxidation sites excluding steroid dienone is 2. The SMILES string of the molecule is O=CC1C=CCCC1F. The zero-order valence-corrected chi connectivity index (χ0v) is 5.09. The molecule has 0 aliphatic heterocycles. The van der Waals surface area contributed by atoms with Crippen LogP contribution in [0.15, 0.2) is 12.2 Å². The van der Waals surface area contributed by atoms with Crippen LogP contribution in [-0.4, -0.2) is 12.5 Å². The van der Waals surface area contributed by atoms with Crippen LogP contribution in [0, 0.1) is 5.92 Å². The van der Waals surface area contributed by atoms with Crippen molar-refractivity contribution in [1.82, 2.24) is 0 Å². The summed E-state index contributed by atoms with van der Waals surface area (Å²) in [5.41, 5.74) is 0. The van der Waals surface area contributed by atoms with Crippen molar-refractivity contribution in [2.45, 2.75) is 19.0 Å². The van der Waals surface area contributed by atoms with Gasteiger partial charge >= 0.3 is 0 Å². The van der Waals surface area contributed by atoms with Gasteiger partial charge in [0.15, 0.2) is 0 Å². The monoisotopic (exact) mass is 128 g/mol. The van der Waals surface area contributed by atoms with Gasteiger partial charge in [-0.25, -0.2) is 4.39 Å². The molecule has 0 aromatic carbocycles. The van der Waals surface area contributed by atoms with Crippen LogP contribution in [0.4, 0.5) is 4.39 Å². The molecule has 1 nitrogen and oxygen atoms in total. The first-order valence-electron chi connectivity index (χ1n) is 3.10. The first kappa shape index (κ1) is 6.46. The Morgan fingerprint density at radius 2 is 2.44 bits per heavy atom. The fourth-order valence-corrected chi connectivity index (χ4v) is 0.952. The lowest BCUT2D eigenvalue weighted by molar-refractivity contribution is -0.111. The molecule has 0 heterocycles. The summed E-state index contributed by atoms with van der Waals surface area (Å²) >= 11 is 0. The maximum atomic E-state index is 12.6. The summed E-state index contributed by atoms with van der Waals surface area (Å²) in [7, 11) is 0. The quantitative estimate of drug-likeness (QED) is 0.386. The van der Waals surface area contributed by atoms with Crippen LogP contribution >= 0.6 is 0 Å². The maximum absolute atomic E-state index is 12.6. The van der Waals surface area contributed by atoms with Crippen molar-refractivity contribution < 1.29 is 9.18 Å². The smallest absolute Gasteiger partial charge is 0.129 e. The first-order valence-corrected chi connectivity index (χ1v) is 3.10. The van der Waals surface area contributed by atoms with Crippen molar-refractivity contribution in [3.05, 3.63) is 12.2 Å².